The van der Waals surface area contributed by atoms with Crippen molar-refractivity contribution in [2.24, 2.45) is 0 Å². The normalized spacial score (nSPS) is 10.3. The van der Waals surface area contributed by atoms with Crippen LogP contribution in [-0.2, 0) is 14.3 Å². The lowest BCUT2D eigenvalue weighted by molar-refractivity contribution is -0.126. The largest absolute Gasteiger partial charge is 0.395 e. The topological polar surface area (TPSA) is 79.8 Å². The molecule has 0 atom stereocenters. The third-order valence-electron chi connectivity index (χ3n) is 1.54. The smallest absolute Gasteiger partial charge is 0.246 e. The SMILES string of the molecule is CNCCOCCOCC(=O)NCCO. The van der Waals surface area contributed by atoms with Gasteiger partial charge < -0.3 is 25.2 Å². The molecule has 90 valence electrons. The molecule has 0 aromatic heterocycles. The van der Waals surface area contributed by atoms with E-state index in [4.69, 9.17) is 14.6 Å². The second-order valence-corrected chi connectivity index (χ2v) is 2.84. The first-order valence-electron chi connectivity index (χ1n) is 4.99. The van der Waals surface area contributed by atoms with Gasteiger partial charge in [-0.15, -0.1) is 0 Å². The maximum atomic E-state index is 10.9. The van der Waals surface area contributed by atoms with Crippen molar-refractivity contribution in [3.63, 3.8) is 0 Å². The molecule has 15 heavy (non-hydrogen) atoms. The minimum absolute atomic E-state index is 0.00931. The van der Waals surface area contributed by atoms with Crippen LogP contribution in [0.25, 0.3) is 0 Å². The summed E-state index contributed by atoms with van der Waals surface area (Å²) < 4.78 is 10.2. The Kier molecular flexibility index (Phi) is 10.9. The van der Waals surface area contributed by atoms with E-state index in [1.807, 2.05) is 7.05 Å². The summed E-state index contributed by atoms with van der Waals surface area (Å²) in [6, 6.07) is 0. The molecule has 1 amide bonds. The number of ether oxygens (including phenoxy) is 2. The van der Waals surface area contributed by atoms with Crippen molar-refractivity contribution < 1.29 is 19.4 Å². The summed E-state index contributed by atoms with van der Waals surface area (Å²) in [5, 5.41) is 13.9. The van der Waals surface area contributed by atoms with E-state index in [9.17, 15) is 4.79 Å². The summed E-state index contributed by atoms with van der Waals surface area (Å²) in [6.07, 6.45) is 0. The van der Waals surface area contributed by atoms with Crippen molar-refractivity contribution in [3.05, 3.63) is 0 Å². The summed E-state index contributed by atoms with van der Waals surface area (Å²) in [6.45, 7) is 2.54. The minimum Gasteiger partial charge on any atom is -0.395 e. The Bertz CT molecular complexity index is 155. The lowest BCUT2D eigenvalue weighted by atomic mass is 10.6. The number of hydrogen-bond acceptors (Lipinski definition) is 5. The van der Waals surface area contributed by atoms with E-state index in [0.717, 1.165) is 6.54 Å². The molecule has 6 nitrogen and oxygen atoms in total. The Balaban J connectivity index is 3.06. The first kappa shape index (κ1) is 14.3. The van der Waals surface area contributed by atoms with Crippen molar-refractivity contribution in [2.45, 2.75) is 0 Å². The average Bonchev–Trinajstić information content (AvgIpc) is 2.25. The van der Waals surface area contributed by atoms with Crippen LogP contribution in [0.3, 0.4) is 0 Å². The number of aliphatic hydroxyl groups is 1. The Hall–Kier alpha value is -0.690. The molecule has 0 aliphatic carbocycles. The molecule has 0 spiro atoms. The van der Waals surface area contributed by atoms with Gasteiger partial charge in [-0.25, -0.2) is 0 Å². The van der Waals surface area contributed by atoms with E-state index >= 15 is 0 Å². The van der Waals surface area contributed by atoms with Gasteiger partial charge in [0.2, 0.25) is 5.91 Å². The lowest BCUT2D eigenvalue weighted by Crippen LogP contribution is -2.30. The first-order chi connectivity index (χ1) is 7.31. The van der Waals surface area contributed by atoms with Crippen LogP contribution < -0.4 is 10.6 Å². The van der Waals surface area contributed by atoms with Crippen LogP contribution in [0.15, 0.2) is 0 Å². The van der Waals surface area contributed by atoms with Crippen LogP contribution in [0, 0.1) is 0 Å². The molecule has 0 unspecified atom stereocenters. The minimum atomic E-state index is -0.223. The monoisotopic (exact) mass is 220 g/mol. The number of aliphatic hydroxyl groups excluding tert-OH is 1. The number of hydrogen-bond donors (Lipinski definition) is 3. The molecule has 0 aromatic rings. The van der Waals surface area contributed by atoms with E-state index in [0.29, 0.717) is 19.8 Å². The van der Waals surface area contributed by atoms with Crippen LogP contribution in [0.5, 0.6) is 0 Å². The zero-order valence-electron chi connectivity index (χ0n) is 9.12. The highest BCUT2D eigenvalue weighted by atomic mass is 16.5. The van der Waals surface area contributed by atoms with Gasteiger partial charge in [0.1, 0.15) is 6.61 Å². The molecule has 0 bridgehead atoms. The van der Waals surface area contributed by atoms with Crippen molar-refractivity contribution >= 4 is 5.91 Å². The van der Waals surface area contributed by atoms with Crippen molar-refractivity contribution in [3.8, 4) is 0 Å². The van der Waals surface area contributed by atoms with Crippen LogP contribution in [0.1, 0.15) is 0 Å². The second kappa shape index (κ2) is 11.4. The Labute approximate surface area is 89.9 Å². The molecular weight excluding hydrogens is 200 g/mol. The molecular formula is C9H20N2O4. The van der Waals surface area contributed by atoms with E-state index in [2.05, 4.69) is 10.6 Å². The molecule has 0 aliphatic rings. The van der Waals surface area contributed by atoms with Gasteiger partial charge in [0.15, 0.2) is 0 Å². The van der Waals surface area contributed by atoms with E-state index < -0.39 is 0 Å². The fourth-order valence-corrected chi connectivity index (χ4v) is 0.805. The van der Waals surface area contributed by atoms with Gasteiger partial charge >= 0.3 is 0 Å². The second-order valence-electron chi connectivity index (χ2n) is 2.84. The molecule has 0 saturated heterocycles. The van der Waals surface area contributed by atoms with E-state index in [1.54, 1.807) is 0 Å². The summed E-state index contributed by atoms with van der Waals surface area (Å²) in [5.41, 5.74) is 0. The highest BCUT2D eigenvalue weighted by Crippen LogP contribution is 1.78. The van der Waals surface area contributed by atoms with Gasteiger partial charge in [-0.05, 0) is 7.05 Å². The first-order valence-corrected chi connectivity index (χ1v) is 4.99. The zero-order chi connectivity index (χ0) is 11.4. The molecule has 0 heterocycles. The van der Waals surface area contributed by atoms with Gasteiger partial charge in [-0.1, -0.05) is 0 Å². The zero-order valence-corrected chi connectivity index (χ0v) is 9.12. The highest BCUT2D eigenvalue weighted by molar-refractivity contribution is 5.77. The van der Waals surface area contributed by atoms with Crippen LogP contribution in [-0.4, -0.2) is 64.2 Å². The Morgan fingerprint density at radius 3 is 2.60 bits per heavy atom. The summed E-state index contributed by atoms with van der Waals surface area (Å²) >= 11 is 0. The molecule has 6 heteroatoms. The van der Waals surface area contributed by atoms with Gasteiger partial charge in [0.25, 0.3) is 0 Å². The molecule has 3 N–H and O–H groups in total. The molecule has 0 saturated carbocycles. The van der Waals surface area contributed by atoms with Crippen LogP contribution in [0.2, 0.25) is 0 Å². The van der Waals surface area contributed by atoms with E-state index in [-0.39, 0.29) is 25.7 Å². The number of carbonyl (C=O) groups excluding carboxylic acids is 1. The molecule has 0 aliphatic heterocycles. The molecule has 0 aromatic carbocycles. The van der Waals surface area contributed by atoms with Crippen LogP contribution >= 0.6 is 0 Å². The van der Waals surface area contributed by atoms with Gasteiger partial charge in [-0.3, -0.25) is 4.79 Å². The molecule has 0 radical (unpaired) electrons. The average molecular weight is 220 g/mol. The van der Waals surface area contributed by atoms with Gasteiger partial charge in [0.05, 0.1) is 26.4 Å². The number of carbonyl (C=O) groups is 1. The number of rotatable bonds is 10. The Morgan fingerprint density at radius 2 is 1.93 bits per heavy atom. The van der Waals surface area contributed by atoms with Gasteiger partial charge in [0, 0.05) is 13.1 Å². The van der Waals surface area contributed by atoms with Crippen molar-refractivity contribution in [1.82, 2.24) is 10.6 Å². The van der Waals surface area contributed by atoms with Gasteiger partial charge in [-0.2, -0.15) is 0 Å². The summed E-state index contributed by atoms with van der Waals surface area (Å²) in [4.78, 5) is 10.9. The predicted molar refractivity (Wildman–Crippen MR) is 55.7 cm³/mol. The fourth-order valence-electron chi connectivity index (χ4n) is 0.805. The third kappa shape index (κ3) is 11.2. The molecule has 0 rings (SSSR count). The van der Waals surface area contributed by atoms with Crippen molar-refractivity contribution in [2.75, 3.05) is 53.2 Å². The maximum absolute atomic E-state index is 10.9. The maximum Gasteiger partial charge on any atom is 0.246 e. The standard InChI is InChI=1S/C9H20N2O4/c1-10-3-5-14-6-7-15-8-9(13)11-2-4-12/h10,12H,2-8H2,1H3,(H,11,13). The lowest BCUT2D eigenvalue weighted by Gasteiger charge is -2.05. The Morgan fingerprint density at radius 1 is 1.20 bits per heavy atom. The summed E-state index contributed by atoms with van der Waals surface area (Å²) in [5.74, 6) is -0.223. The van der Waals surface area contributed by atoms with Crippen molar-refractivity contribution in [1.29, 1.82) is 0 Å². The van der Waals surface area contributed by atoms with Crippen LogP contribution in [0.4, 0.5) is 0 Å². The quantitative estimate of drug-likeness (QED) is 0.384. The molecule has 0 fully saturated rings. The number of amides is 1. The third-order valence-corrected chi connectivity index (χ3v) is 1.54. The number of likely N-dealkylation sites (N-methyl/N-ethyl adjacent to an activating group) is 1. The van der Waals surface area contributed by atoms with E-state index in [1.165, 1.54) is 0 Å². The number of nitrogens with one attached hydrogen (secondary N) is 2. The summed E-state index contributed by atoms with van der Waals surface area (Å²) in [7, 11) is 1.85. The predicted octanol–water partition coefficient (Wildman–Crippen LogP) is -1.65. The highest BCUT2D eigenvalue weighted by Gasteiger charge is 1.99. The fraction of sp³-hybridized carbons (Fsp3) is 0.889.